The quantitative estimate of drug-likeness (QED) is 0.626. The third-order valence-electron chi connectivity index (χ3n) is 0.897. The fourth-order valence-corrected chi connectivity index (χ4v) is 0.623. The largest absolute Gasteiger partial charge is 0.474 e. The molecule has 1 heterocycles. The second-order valence-corrected chi connectivity index (χ2v) is 1.92. The minimum Gasteiger partial charge on any atom is -0.474 e. The molecule has 1 N–H and O–H groups in total. The third kappa shape index (κ3) is 1.30. The van der Waals surface area contributed by atoms with Crippen molar-refractivity contribution in [2.45, 2.75) is 5.75 Å². The molecule has 0 bridgehead atoms. The van der Waals surface area contributed by atoms with Crippen molar-refractivity contribution < 1.29 is 14.3 Å². The molecule has 0 saturated carbocycles. The van der Waals surface area contributed by atoms with Gasteiger partial charge in [0.2, 0.25) is 0 Å². The molecule has 0 spiro atoms. The molecule has 0 fully saturated rings. The summed E-state index contributed by atoms with van der Waals surface area (Å²) in [7, 11) is 0. The summed E-state index contributed by atoms with van der Waals surface area (Å²) in [4.78, 5) is 13.7. The fraction of sp³-hybridized carbons (Fsp3) is 0.200. The summed E-state index contributed by atoms with van der Waals surface area (Å²) >= 11 is 3.88. The Hall–Kier alpha value is -0.970. The highest BCUT2D eigenvalue weighted by atomic mass is 32.1. The SMILES string of the molecule is O=C(O)c1nc(CS)co1. The van der Waals surface area contributed by atoms with Crippen molar-refractivity contribution in [1.82, 2.24) is 4.98 Å². The lowest BCUT2D eigenvalue weighted by atomic mass is 10.6. The zero-order chi connectivity index (χ0) is 7.56. The summed E-state index contributed by atoms with van der Waals surface area (Å²) in [5.41, 5.74) is 0.528. The summed E-state index contributed by atoms with van der Waals surface area (Å²) in [6.07, 6.45) is 1.27. The van der Waals surface area contributed by atoms with E-state index in [-0.39, 0.29) is 5.89 Å². The van der Waals surface area contributed by atoms with Crippen LogP contribution in [0.25, 0.3) is 0 Å². The molecule has 4 nitrogen and oxygen atoms in total. The van der Waals surface area contributed by atoms with Gasteiger partial charge in [-0.25, -0.2) is 9.78 Å². The Morgan fingerprint density at radius 3 is 2.90 bits per heavy atom. The van der Waals surface area contributed by atoms with Crippen molar-refractivity contribution in [2.75, 3.05) is 0 Å². The Bertz CT molecular complexity index is 245. The molecule has 0 atom stereocenters. The average Bonchev–Trinajstić information content (AvgIpc) is 2.34. The normalized spacial score (nSPS) is 9.70. The molecule has 5 heteroatoms. The van der Waals surface area contributed by atoms with Crippen molar-refractivity contribution in [3.05, 3.63) is 17.8 Å². The van der Waals surface area contributed by atoms with Crippen LogP contribution in [0.3, 0.4) is 0 Å². The maximum Gasteiger partial charge on any atom is 0.392 e. The fourth-order valence-electron chi connectivity index (χ4n) is 0.478. The van der Waals surface area contributed by atoms with E-state index >= 15 is 0 Å². The summed E-state index contributed by atoms with van der Waals surface area (Å²) in [5, 5.41) is 8.31. The Balaban J connectivity index is 2.88. The lowest BCUT2D eigenvalue weighted by Gasteiger charge is -1.79. The van der Waals surface area contributed by atoms with E-state index in [4.69, 9.17) is 5.11 Å². The van der Waals surface area contributed by atoms with Crippen LogP contribution < -0.4 is 0 Å². The van der Waals surface area contributed by atoms with Crippen LogP contribution in [0.1, 0.15) is 16.4 Å². The van der Waals surface area contributed by atoms with Crippen LogP contribution in [-0.2, 0) is 5.75 Å². The molecule has 0 aliphatic heterocycles. The monoisotopic (exact) mass is 159 g/mol. The molecule has 0 aromatic carbocycles. The Kier molecular flexibility index (Phi) is 1.96. The Morgan fingerprint density at radius 1 is 1.90 bits per heavy atom. The number of rotatable bonds is 2. The summed E-state index contributed by atoms with van der Waals surface area (Å²) in [5.74, 6) is -1.06. The Labute approximate surface area is 62.3 Å². The van der Waals surface area contributed by atoms with Crippen LogP contribution in [0.5, 0.6) is 0 Å². The van der Waals surface area contributed by atoms with Gasteiger partial charge in [-0.1, -0.05) is 0 Å². The summed E-state index contributed by atoms with van der Waals surface area (Å²) < 4.78 is 4.56. The van der Waals surface area contributed by atoms with E-state index in [1.54, 1.807) is 0 Å². The second-order valence-electron chi connectivity index (χ2n) is 1.61. The molecule has 0 aliphatic carbocycles. The minimum atomic E-state index is -1.16. The van der Waals surface area contributed by atoms with Crippen molar-refractivity contribution in [3.63, 3.8) is 0 Å². The number of nitrogens with zero attached hydrogens (tertiary/aromatic N) is 1. The van der Waals surface area contributed by atoms with Gasteiger partial charge in [0, 0.05) is 5.75 Å². The van der Waals surface area contributed by atoms with Crippen LogP contribution in [0.4, 0.5) is 0 Å². The van der Waals surface area contributed by atoms with Gasteiger partial charge < -0.3 is 9.52 Å². The minimum absolute atomic E-state index is 0.288. The lowest BCUT2D eigenvalue weighted by Crippen LogP contribution is -1.95. The smallest absolute Gasteiger partial charge is 0.392 e. The number of thiol groups is 1. The highest BCUT2D eigenvalue weighted by molar-refractivity contribution is 7.79. The first-order chi connectivity index (χ1) is 4.74. The number of aromatic carboxylic acids is 1. The van der Waals surface area contributed by atoms with Gasteiger partial charge >= 0.3 is 11.9 Å². The van der Waals surface area contributed by atoms with Crippen molar-refractivity contribution in [1.29, 1.82) is 0 Å². The number of carboxylic acid groups (broad SMARTS) is 1. The van der Waals surface area contributed by atoms with E-state index in [1.165, 1.54) is 6.26 Å². The number of carboxylic acids is 1. The number of hydrogen-bond donors (Lipinski definition) is 2. The molecular weight excluding hydrogens is 154 g/mol. The number of carbonyl (C=O) groups is 1. The van der Waals surface area contributed by atoms with Gasteiger partial charge in [-0.2, -0.15) is 12.6 Å². The zero-order valence-electron chi connectivity index (χ0n) is 4.94. The molecule has 0 unspecified atom stereocenters. The highest BCUT2D eigenvalue weighted by Gasteiger charge is 2.09. The van der Waals surface area contributed by atoms with E-state index in [9.17, 15) is 4.79 Å². The van der Waals surface area contributed by atoms with E-state index in [2.05, 4.69) is 22.0 Å². The number of aromatic nitrogens is 1. The van der Waals surface area contributed by atoms with Gasteiger partial charge in [0.25, 0.3) is 0 Å². The van der Waals surface area contributed by atoms with Crippen LogP contribution in [-0.4, -0.2) is 16.1 Å². The van der Waals surface area contributed by atoms with Crippen LogP contribution in [0.2, 0.25) is 0 Å². The van der Waals surface area contributed by atoms with Gasteiger partial charge in [0.05, 0.1) is 5.69 Å². The highest BCUT2D eigenvalue weighted by Crippen LogP contribution is 2.03. The molecule has 0 saturated heterocycles. The van der Waals surface area contributed by atoms with Gasteiger partial charge in [-0.05, 0) is 0 Å². The lowest BCUT2D eigenvalue weighted by molar-refractivity contribution is 0.0653. The van der Waals surface area contributed by atoms with Crippen molar-refractivity contribution in [3.8, 4) is 0 Å². The standard InChI is InChI=1S/C5H5NO3S/c7-5(8)4-6-3(2-10)1-9-4/h1,10H,2H2,(H,7,8). The van der Waals surface area contributed by atoms with Crippen LogP contribution >= 0.6 is 12.6 Å². The number of oxazole rings is 1. The van der Waals surface area contributed by atoms with Crippen LogP contribution in [0.15, 0.2) is 10.7 Å². The molecule has 10 heavy (non-hydrogen) atoms. The van der Waals surface area contributed by atoms with Gasteiger partial charge in [0.1, 0.15) is 6.26 Å². The molecule has 0 amide bonds. The van der Waals surface area contributed by atoms with Crippen molar-refractivity contribution in [2.24, 2.45) is 0 Å². The molecule has 1 aromatic rings. The summed E-state index contributed by atoms with van der Waals surface area (Å²) in [6.45, 7) is 0. The molecular formula is C5H5NO3S. The van der Waals surface area contributed by atoms with Gasteiger partial charge in [0.15, 0.2) is 0 Å². The van der Waals surface area contributed by atoms with E-state index in [1.807, 2.05) is 0 Å². The zero-order valence-corrected chi connectivity index (χ0v) is 5.84. The Morgan fingerprint density at radius 2 is 2.60 bits per heavy atom. The molecule has 0 aliphatic rings. The topological polar surface area (TPSA) is 63.3 Å². The van der Waals surface area contributed by atoms with E-state index in [0.29, 0.717) is 11.4 Å². The van der Waals surface area contributed by atoms with Crippen LogP contribution in [0, 0.1) is 0 Å². The van der Waals surface area contributed by atoms with Gasteiger partial charge in [-0.15, -0.1) is 0 Å². The average molecular weight is 159 g/mol. The van der Waals surface area contributed by atoms with Crippen molar-refractivity contribution >= 4 is 18.6 Å². The summed E-state index contributed by atoms with van der Waals surface area (Å²) in [6, 6.07) is 0. The van der Waals surface area contributed by atoms with E-state index < -0.39 is 5.97 Å². The second kappa shape index (κ2) is 2.74. The third-order valence-corrected chi connectivity index (χ3v) is 1.22. The maximum atomic E-state index is 10.1. The van der Waals surface area contributed by atoms with E-state index in [0.717, 1.165) is 0 Å². The molecule has 1 aromatic heterocycles. The maximum absolute atomic E-state index is 10.1. The predicted octanol–water partition coefficient (Wildman–Crippen LogP) is 0.803. The first kappa shape index (κ1) is 7.14. The molecule has 54 valence electrons. The molecule has 0 radical (unpaired) electrons. The first-order valence-electron chi connectivity index (χ1n) is 2.52. The molecule has 1 rings (SSSR count). The first-order valence-corrected chi connectivity index (χ1v) is 3.16. The van der Waals surface area contributed by atoms with Gasteiger partial charge in [-0.3, -0.25) is 0 Å². The predicted molar refractivity (Wildman–Crippen MR) is 36.2 cm³/mol. The number of hydrogen-bond acceptors (Lipinski definition) is 4.